The van der Waals surface area contributed by atoms with Gasteiger partial charge in [-0.3, -0.25) is 4.90 Å². The standard InChI is InChI=1S/C16H19N5/c1-19(13-16-17-8-9-20(16)2)11-14-10-18-21(12-14)15-6-4-3-5-7-15/h3-10,12H,11,13H2,1-2H3. The van der Waals surface area contributed by atoms with E-state index in [1.165, 1.54) is 5.56 Å². The molecule has 0 aliphatic heterocycles. The summed E-state index contributed by atoms with van der Waals surface area (Å²) in [5, 5.41) is 4.42. The van der Waals surface area contributed by atoms with E-state index in [0.29, 0.717) is 0 Å². The largest absolute Gasteiger partial charge is 0.337 e. The van der Waals surface area contributed by atoms with Crippen molar-refractivity contribution in [2.24, 2.45) is 7.05 Å². The molecule has 0 aliphatic carbocycles. The Balaban J connectivity index is 1.66. The van der Waals surface area contributed by atoms with E-state index in [-0.39, 0.29) is 0 Å². The molecule has 5 heteroatoms. The van der Waals surface area contributed by atoms with Crippen LogP contribution in [0.5, 0.6) is 0 Å². The second-order valence-corrected chi connectivity index (χ2v) is 5.26. The van der Waals surface area contributed by atoms with Crippen LogP contribution in [0.4, 0.5) is 0 Å². The molecule has 0 radical (unpaired) electrons. The molecule has 0 spiro atoms. The molecule has 0 bridgehead atoms. The van der Waals surface area contributed by atoms with Crippen molar-refractivity contribution >= 4 is 0 Å². The fourth-order valence-electron chi connectivity index (χ4n) is 2.32. The zero-order chi connectivity index (χ0) is 14.7. The van der Waals surface area contributed by atoms with Gasteiger partial charge in [0.25, 0.3) is 0 Å². The van der Waals surface area contributed by atoms with E-state index in [9.17, 15) is 0 Å². The Kier molecular flexibility index (Phi) is 3.83. The van der Waals surface area contributed by atoms with Crippen LogP contribution < -0.4 is 0 Å². The lowest BCUT2D eigenvalue weighted by atomic mass is 10.3. The molecule has 2 aromatic heterocycles. The number of aryl methyl sites for hydroxylation is 1. The third-order valence-electron chi connectivity index (χ3n) is 3.44. The molecule has 5 nitrogen and oxygen atoms in total. The maximum atomic E-state index is 4.42. The van der Waals surface area contributed by atoms with Gasteiger partial charge in [0, 0.05) is 37.7 Å². The van der Waals surface area contributed by atoms with Gasteiger partial charge in [-0.2, -0.15) is 5.10 Å². The van der Waals surface area contributed by atoms with E-state index in [1.54, 1.807) is 0 Å². The highest BCUT2D eigenvalue weighted by molar-refractivity contribution is 5.30. The van der Waals surface area contributed by atoms with Gasteiger partial charge in [0.05, 0.1) is 18.4 Å². The maximum absolute atomic E-state index is 4.42. The van der Waals surface area contributed by atoms with E-state index in [0.717, 1.165) is 24.6 Å². The molecular weight excluding hydrogens is 262 g/mol. The van der Waals surface area contributed by atoms with E-state index in [1.807, 2.05) is 65.2 Å². The Morgan fingerprint density at radius 2 is 1.95 bits per heavy atom. The fraction of sp³-hybridized carbons (Fsp3) is 0.250. The smallest absolute Gasteiger partial charge is 0.122 e. The van der Waals surface area contributed by atoms with Crippen LogP contribution >= 0.6 is 0 Å². The van der Waals surface area contributed by atoms with Crippen molar-refractivity contribution < 1.29 is 0 Å². The van der Waals surface area contributed by atoms with Crippen LogP contribution in [0.1, 0.15) is 11.4 Å². The van der Waals surface area contributed by atoms with Crippen LogP contribution in [0.15, 0.2) is 55.1 Å². The highest BCUT2D eigenvalue weighted by Crippen LogP contribution is 2.10. The topological polar surface area (TPSA) is 38.9 Å². The lowest BCUT2D eigenvalue weighted by molar-refractivity contribution is 0.307. The Morgan fingerprint density at radius 3 is 2.67 bits per heavy atom. The van der Waals surface area contributed by atoms with Crippen molar-refractivity contribution in [3.05, 3.63) is 66.5 Å². The summed E-state index contributed by atoms with van der Waals surface area (Å²) >= 11 is 0. The Morgan fingerprint density at radius 1 is 1.14 bits per heavy atom. The molecule has 2 heterocycles. The summed E-state index contributed by atoms with van der Waals surface area (Å²) in [5.74, 6) is 1.06. The molecular formula is C16H19N5. The Hall–Kier alpha value is -2.40. The van der Waals surface area contributed by atoms with Crippen LogP contribution in [-0.4, -0.2) is 31.3 Å². The zero-order valence-electron chi connectivity index (χ0n) is 12.3. The number of nitrogens with zero attached hydrogens (tertiary/aromatic N) is 5. The molecule has 108 valence electrons. The van der Waals surface area contributed by atoms with Crippen molar-refractivity contribution in [1.29, 1.82) is 0 Å². The van der Waals surface area contributed by atoms with Gasteiger partial charge in [-0.25, -0.2) is 9.67 Å². The first kappa shape index (κ1) is 13.6. The van der Waals surface area contributed by atoms with E-state index < -0.39 is 0 Å². The molecule has 3 aromatic rings. The van der Waals surface area contributed by atoms with Crippen molar-refractivity contribution in [2.45, 2.75) is 13.1 Å². The first-order chi connectivity index (χ1) is 10.2. The number of hydrogen-bond donors (Lipinski definition) is 0. The third-order valence-corrected chi connectivity index (χ3v) is 3.44. The molecule has 0 unspecified atom stereocenters. The Labute approximate surface area is 124 Å². The number of benzene rings is 1. The van der Waals surface area contributed by atoms with E-state index >= 15 is 0 Å². The number of imidazole rings is 1. The van der Waals surface area contributed by atoms with Crippen LogP contribution in [0.25, 0.3) is 5.69 Å². The lowest BCUT2D eigenvalue weighted by Crippen LogP contribution is -2.19. The predicted octanol–water partition coefficient (Wildman–Crippen LogP) is 2.24. The van der Waals surface area contributed by atoms with Crippen LogP contribution in [0.2, 0.25) is 0 Å². The number of rotatable bonds is 5. The third kappa shape index (κ3) is 3.20. The highest BCUT2D eigenvalue weighted by atomic mass is 15.3. The van der Waals surface area contributed by atoms with E-state index in [2.05, 4.69) is 28.2 Å². The first-order valence-electron chi connectivity index (χ1n) is 6.96. The second-order valence-electron chi connectivity index (χ2n) is 5.26. The average molecular weight is 281 g/mol. The summed E-state index contributed by atoms with van der Waals surface area (Å²) in [6, 6.07) is 10.1. The molecule has 1 aromatic carbocycles. The van der Waals surface area contributed by atoms with Gasteiger partial charge in [0.1, 0.15) is 5.82 Å². The van der Waals surface area contributed by atoms with Crippen molar-refractivity contribution in [2.75, 3.05) is 7.05 Å². The van der Waals surface area contributed by atoms with Crippen molar-refractivity contribution in [3.63, 3.8) is 0 Å². The summed E-state index contributed by atoms with van der Waals surface area (Å²) in [6.07, 6.45) is 7.79. The minimum atomic E-state index is 0.819. The minimum Gasteiger partial charge on any atom is -0.337 e. The molecule has 0 amide bonds. The normalized spacial score (nSPS) is 11.2. The summed E-state index contributed by atoms with van der Waals surface area (Å²) in [5.41, 5.74) is 2.27. The second kappa shape index (κ2) is 5.93. The first-order valence-corrected chi connectivity index (χ1v) is 6.96. The molecule has 0 aliphatic rings. The van der Waals surface area contributed by atoms with Gasteiger partial charge in [0.15, 0.2) is 0 Å². The van der Waals surface area contributed by atoms with Gasteiger partial charge in [-0.1, -0.05) is 18.2 Å². The van der Waals surface area contributed by atoms with Crippen molar-refractivity contribution in [3.8, 4) is 5.69 Å². The lowest BCUT2D eigenvalue weighted by Gasteiger charge is -2.15. The fourth-order valence-corrected chi connectivity index (χ4v) is 2.32. The summed E-state index contributed by atoms with van der Waals surface area (Å²) in [4.78, 5) is 6.58. The quantitative estimate of drug-likeness (QED) is 0.720. The highest BCUT2D eigenvalue weighted by Gasteiger charge is 2.07. The molecule has 21 heavy (non-hydrogen) atoms. The van der Waals surface area contributed by atoms with Gasteiger partial charge < -0.3 is 4.57 Å². The van der Waals surface area contributed by atoms with Crippen molar-refractivity contribution in [1.82, 2.24) is 24.2 Å². The zero-order valence-corrected chi connectivity index (χ0v) is 12.3. The van der Waals surface area contributed by atoms with Gasteiger partial charge >= 0.3 is 0 Å². The molecule has 3 rings (SSSR count). The number of para-hydroxylation sites is 1. The van der Waals surface area contributed by atoms with Gasteiger partial charge in [-0.15, -0.1) is 0 Å². The molecule has 0 saturated carbocycles. The Bertz CT molecular complexity index is 698. The summed E-state index contributed by atoms with van der Waals surface area (Å²) in [6.45, 7) is 1.67. The molecule has 0 atom stereocenters. The van der Waals surface area contributed by atoms with Gasteiger partial charge in [0.2, 0.25) is 0 Å². The molecule has 0 fully saturated rings. The molecule has 0 N–H and O–H groups in total. The monoisotopic (exact) mass is 281 g/mol. The molecule has 0 saturated heterocycles. The van der Waals surface area contributed by atoms with Crippen LogP contribution in [0.3, 0.4) is 0 Å². The average Bonchev–Trinajstić information content (AvgIpc) is 3.10. The maximum Gasteiger partial charge on any atom is 0.122 e. The van der Waals surface area contributed by atoms with Crippen LogP contribution in [0, 0.1) is 0 Å². The minimum absolute atomic E-state index is 0.819. The number of aromatic nitrogens is 4. The number of hydrogen-bond acceptors (Lipinski definition) is 3. The van der Waals surface area contributed by atoms with Gasteiger partial charge in [-0.05, 0) is 19.2 Å². The van der Waals surface area contributed by atoms with E-state index in [4.69, 9.17) is 0 Å². The summed E-state index contributed by atoms with van der Waals surface area (Å²) in [7, 11) is 4.11. The predicted molar refractivity (Wildman–Crippen MR) is 81.9 cm³/mol. The van der Waals surface area contributed by atoms with Crippen LogP contribution in [-0.2, 0) is 20.1 Å². The SMILES string of the molecule is CN(Cc1cnn(-c2ccccc2)c1)Cc1nccn1C. The summed E-state index contributed by atoms with van der Waals surface area (Å²) < 4.78 is 3.95.